The molecule has 1 aliphatic heterocycles. The molecule has 3 amide bonds. The molecule has 0 aliphatic carbocycles. The molecule has 182 valence electrons. The van der Waals surface area contributed by atoms with Crippen LogP contribution in [0.25, 0.3) is 0 Å². The van der Waals surface area contributed by atoms with E-state index in [2.05, 4.69) is 10.6 Å². The van der Waals surface area contributed by atoms with Crippen molar-refractivity contribution < 1.29 is 19.5 Å². The lowest BCUT2D eigenvalue weighted by Gasteiger charge is -2.28. The maximum Gasteiger partial charge on any atom is 0.286 e. The van der Waals surface area contributed by atoms with Crippen molar-refractivity contribution >= 4 is 28.8 Å². The van der Waals surface area contributed by atoms with Gasteiger partial charge in [0.15, 0.2) is 0 Å². The molecule has 1 fully saturated rings. The number of carbonyl (C=O) groups excluding carboxylic acids is 3. The number of imide groups is 1. The van der Waals surface area contributed by atoms with Crippen molar-refractivity contribution in [2.45, 2.75) is 70.5 Å². The number of aromatic hydroxyl groups is 1. The molecule has 3 rings (SSSR count). The predicted molar refractivity (Wildman–Crippen MR) is 137 cm³/mol. The van der Waals surface area contributed by atoms with Crippen LogP contribution in [0.5, 0.6) is 5.75 Å². The van der Waals surface area contributed by atoms with Gasteiger partial charge in [-0.05, 0) is 46.9 Å². The number of benzene rings is 2. The molecule has 0 spiro atoms. The van der Waals surface area contributed by atoms with Gasteiger partial charge < -0.3 is 10.4 Å². The molecule has 34 heavy (non-hydrogen) atoms. The minimum absolute atomic E-state index is 0.165. The molecule has 0 radical (unpaired) electrons. The summed E-state index contributed by atoms with van der Waals surface area (Å²) in [5, 5.41) is 15.5. The monoisotopic (exact) mass is 482 g/mol. The fourth-order valence-electron chi connectivity index (χ4n) is 3.92. The van der Waals surface area contributed by atoms with Gasteiger partial charge in [0.1, 0.15) is 5.75 Å². The van der Waals surface area contributed by atoms with Crippen molar-refractivity contribution in [3.8, 4) is 5.75 Å². The number of thioether (sulfide) groups is 1. The Morgan fingerprint density at radius 1 is 0.971 bits per heavy atom. The first-order chi connectivity index (χ1) is 15.8. The molecule has 6 nitrogen and oxygen atoms in total. The third-order valence-electron chi connectivity index (χ3n) is 5.90. The topological polar surface area (TPSA) is 95.5 Å². The van der Waals surface area contributed by atoms with E-state index in [1.807, 2.05) is 65.8 Å². The molecular weight excluding hydrogens is 448 g/mol. The zero-order valence-corrected chi connectivity index (χ0v) is 21.6. The summed E-state index contributed by atoms with van der Waals surface area (Å²) in [6, 6.07) is 11.5. The lowest BCUT2D eigenvalue weighted by Crippen LogP contribution is -2.27. The summed E-state index contributed by atoms with van der Waals surface area (Å²) in [5.74, 6) is -0.142. The zero-order valence-electron chi connectivity index (χ0n) is 20.7. The van der Waals surface area contributed by atoms with Crippen LogP contribution in [0.1, 0.15) is 74.2 Å². The number of rotatable bonds is 6. The third-order valence-corrected chi connectivity index (χ3v) is 6.88. The fourth-order valence-corrected chi connectivity index (χ4v) is 4.77. The van der Waals surface area contributed by atoms with Gasteiger partial charge >= 0.3 is 0 Å². The van der Waals surface area contributed by atoms with Crippen LogP contribution < -0.4 is 10.6 Å². The Kier molecular flexibility index (Phi) is 7.46. The highest BCUT2D eigenvalue weighted by atomic mass is 32.2. The van der Waals surface area contributed by atoms with Crippen LogP contribution in [-0.2, 0) is 28.5 Å². The quantitative estimate of drug-likeness (QED) is 0.547. The second-order valence-electron chi connectivity index (χ2n) is 10.8. The summed E-state index contributed by atoms with van der Waals surface area (Å²) in [6.45, 7) is 12.6. The number of phenols is 1. The first-order valence-electron chi connectivity index (χ1n) is 11.5. The average Bonchev–Trinajstić information content (AvgIpc) is 3.04. The summed E-state index contributed by atoms with van der Waals surface area (Å²) in [4.78, 5) is 36.0. The average molecular weight is 483 g/mol. The van der Waals surface area contributed by atoms with E-state index < -0.39 is 0 Å². The molecular formula is C27H34N2O4S. The van der Waals surface area contributed by atoms with Crippen LogP contribution in [-0.4, -0.2) is 34.0 Å². The summed E-state index contributed by atoms with van der Waals surface area (Å²) < 4.78 is 0. The third kappa shape index (κ3) is 6.20. The maximum atomic E-state index is 12.9. The van der Waals surface area contributed by atoms with Gasteiger partial charge in [0.2, 0.25) is 5.91 Å². The smallest absolute Gasteiger partial charge is 0.286 e. The summed E-state index contributed by atoms with van der Waals surface area (Å²) >= 11 is 1.03. The number of hydrogen-bond acceptors (Lipinski definition) is 5. The molecule has 1 heterocycles. The molecule has 1 aliphatic rings. The van der Waals surface area contributed by atoms with E-state index in [0.717, 1.165) is 34.0 Å². The van der Waals surface area contributed by atoms with Gasteiger partial charge in [0, 0.05) is 23.2 Å². The Morgan fingerprint density at radius 2 is 1.50 bits per heavy atom. The molecule has 2 aromatic carbocycles. The van der Waals surface area contributed by atoms with Crippen LogP contribution in [0.3, 0.4) is 0 Å². The second-order valence-corrected chi connectivity index (χ2v) is 12.0. The number of carbonyl (C=O) groups is 3. The van der Waals surface area contributed by atoms with Gasteiger partial charge in [-0.25, -0.2) is 0 Å². The van der Waals surface area contributed by atoms with E-state index in [0.29, 0.717) is 24.9 Å². The standard InChI is InChI=1S/C27H34N2O4S/c1-26(2,3)19-14-18(15-20(22(19)30)27(4,5)6)23(31)28-12-11-16-7-9-17(10-8-16)13-21-24(32)29-25(33)34-21/h7-10,14-15,21,30H,11-13H2,1-6H3,(H,28,31)(H,29,32,33). The summed E-state index contributed by atoms with van der Waals surface area (Å²) in [5.41, 5.74) is 3.53. The van der Waals surface area contributed by atoms with Crippen molar-refractivity contribution in [1.29, 1.82) is 0 Å². The van der Waals surface area contributed by atoms with E-state index in [4.69, 9.17) is 0 Å². The predicted octanol–water partition coefficient (Wildman–Crippen LogP) is 4.85. The van der Waals surface area contributed by atoms with Crippen LogP contribution in [0, 0.1) is 0 Å². The van der Waals surface area contributed by atoms with Crippen molar-refractivity contribution in [1.82, 2.24) is 10.6 Å². The molecule has 1 unspecified atom stereocenters. The Hall–Kier alpha value is -2.80. The summed E-state index contributed by atoms with van der Waals surface area (Å²) in [6.07, 6.45) is 1.17. The molecule has 0 aromatic heterocycles. The Balaban J connectivity index is 1.64. The van der Waals surface area contributed by atoms with Crippen molar-refractivity contribution in [2.24, 2.45) is 0 Å². The van der Waals surface area contributed by atoms with Crippen molar-refractivity contribution in [2.75, 3.05) is 6.54 Å². The Bertz CT molecular complexity index is 1060. The fraction of sp³-hybridized carbons (Fsp3) is 0.444. The minimum Gasteiger partial charge on any atom is -0.507 e. The van der Waals surface area contributed by atoms with Crippen molar-refractivity contribution in [3.05, 3.63) is 64.2 Å². The molecule has 1 atom stereocenters. The lowest BCUT2D eigenvalue weighted by molar-refractivity contribution is -0.118. The minimum atomic E-state index is -0.376. The lowest BCUT2D eigenvalue weighted by atomic mass is 9.78. The van der Waals surface area contributed by atoms with E-state index in [9.17, 15) is 19.5 Å². The van der Waals surface area contributed by atoms with Gasteiger partial charge in [0.05, 0.1) is 5.25 Å². The highest BCUT2D eigenvalue weighted by molar-refractivity contribution is 8.15. The van der Waals surface area contributed by atoms with Gasteiger partial charge in [-0.2, -0.15) is 0 Å². The normalized spacial score (nSPS) is 16.5. The zero-order chi connectivity index (χ0) is 25.3. The number of hydrogen-bond donors (Lipinski definition) is 3. The molecule has 0 saturated carbocycles. The van der Waals surface area contributed by atoms with Crippen LogP contribution in [0.2, 0.25) is 0 Å². The Morgan fingerprint density at radius 3 is 1.97 bits per heavy atom. The maximum absolute atomic E-state index is 12.9. The Labute approximate surface area is 205 Å². The number of nitrogens with one attached hydrogen (secondary N) is 2. The molecule has 7 heteroatoms. The summed E-state index contributed by atoms with van der Waals surface area (Å²) in [7, 11) is 0. The van der Waals surface area contributed by atoms with E-state index in [1.54, 1.807) is 12.1 Å². The molecule has 3 N–H and O–H groups in total. The molecule has 0 bridgehead atoms. The highest BCUT2D eigenvalue weighted by Crippen LogP contribution is 2.39. The van der Waals surface area contributed by atoms with Crippen molar-refractivity contribution in [3.63, 3.8) is 0 Å². The van der Waals surface area contributed by atoms with E-state index in [1.165, 1.54) is 0 Å². The first kappa shape index (κ1) is 25.8. The first-order valence-corrected chi connectivity index (χ1v) is 12.4. The number of amides is 3. The van der Waals surface area contributed by atoms with Crippen LogP contribution in [0.15, 0.2) is 36.4 Å². The highest BCUT2D eigenvalue weighted by Gasteiger charge is 2.31. The number of phenolic OH excluding ortho intramolecular Hbond substituents is 1. The van der Waals surface area contributed by atoms with Crippen LogP contribution >= 0.6 is 11.8 Å². The van der Waals surface area contributed by atoms with Gasteiger partial charge in [0.25, 0.3) is 11.1 Å². The van der Waals surface area contributed by atoms with E-state index >= 15 is 0 Å². The van der Waals surface area contributed by atoms with Crippen LogP contribution in [0.4, 0.5) is 4.79 Å². The SMILES string of the molecule is CC(C)(C)c1cc(C(=O)NCCc2ccc(CC3SC(=O)NC3=O)cc2)cc(C(C)(C)C)c1O. The largest absolute Gasteiger partial charge is 0.507 e. The van der Waals surface area contributed by atoms with Gasteiger partial charge in [-0.3, -0.25) is 19.7 Å². The van der Waals surface area contributed by atoms with E-state index in [-0.39, 0.29) is 38.9 Å². The molecule has 1 saturated heterocycles. The van der Waals surface area contributed by atoms with Gasteiger partial charge in [-0.1, -0.05) is 77.6 Å². The molecule has 2 aromatic rings. The van der Waals surface area contributed by atoms with Gasteiger partial charge in [-0.15, -0.1) is 0 Å². The second kappa shape index (κ2) is 9.82.